The number of aliphatic hydroxyl groups excluding tert-OH is 3. The van der Waals surface area contributed by atoms with Crippen molar-refractivity contribution in [3.63, 3.8) is 0 Å². The van der Waals surface area contributed by atoms with Crippen molar-refractivity contribution in [1.82, 2.24) is 9.55 Å². The van der Waals surface area contributed by atoms with Gasteiger partial charge in [0.15, 0.2) is 0 Å². The molecule has 0 amide bonds. The second kappa shape index (κ2) is 4.68. The molecular formula is C11H17N3O4. The molecule has 1 fully saturated rings. The second-order valence-corrected chi connectivity index (χ2v) is 4.90. The van der Waals surface area contributed by atoms with Crippen LogP contribution >= 0.6 is 0 Å². The number of anilines is 1. The van der Waals surface area contributed by atoms with Crippen molar-refractivity contribution < 1.29 is 15.3 Å². The minimum absolute atomic E-state index is 0.124. The molecule has 0 spiro atoms. The molecule has 7 nitrogen and oxygen atoms in total. The highest BCUT2D eigenvalue weighted by atomic mass is 16.3. The molecule has 1 aromatic heterocycles. The van der Waals surface area contributed by atoms with E-state index >= 15 is 0 Å². The number of nitrogens with zero attached hydrogens (tertiary/aromatic N) is 2. The normalized spacial score (nSPS) is 26.4. The lowest BCUT2D eigenvalue weighted by molar-refractivity contribution is 0.0466. The molecule has 18 heavy (non-hydrogen) atoms. The minimum Gasteiger partial charge on any atom is -0.396 e. The number of nitrogens with two attached hydrogens (primary N) is 1. The third-order valence-electron chi connectivity index (χ3n) is 3.61. The molecule has 2 rings (SSSR count). The summed E-state index contributed by atoms with van der Waals surface area (Å²) in [6, 6.07) is 0.983. The van der Waals surface area contributed by atoms with Crippen molar-refractivity contribution in [3.8, 4) is 0 Å². The zero-order valence-electron chi connectivity index (χ0n) is 9.86. The molecule has 2 atom stereocenters. The van der Waals surface area contributed by atoms with Crippen LogP contribution in [0.15, 0.2) is 17.1 Å². The SMILES string of the molecule is Nc1ccn([C@@H]2CC(CO)(CO)C[C@H]2O)c(=O)n1. The average Bonchev–Trinajstić information content (AvgIpc) is 2.67. The van der Waals surface area contributed by atoms with Gasteiger partial charge in [0.05, 0.1) is 25.4 Å². The van der Waals surface area contributed by atoms with Crippen LogP contribution in [-0.2, 0) is 0 Å². The Morgan fingerprint density at radius 1 is 1.44 bits per heavy atom. The maximum Gasteiger partial charge on any atom is 0.349 e. The van der Waals surface area contributed by atoms with Gasteiger partial charge in [-0.3, -0.25) is 4.57 Å². The number of aromatic nitrogens is 2. The summed E-state index contributed by atoms with van der Waals surface area (Å²) in [6.45, 7) is -0.456. The van der Waals surface area contributed by atoms with E-state index in [1.165, 1.54) is 16.8 Å². The predicted molar refractivity (Wildman–Crippen MR) is 63.8 cm³/mol. The summed E-state index contributed by atoms with van der Waals surface area (Å²) in [5, 5.41) is 28.6. The van der Waals surface area contributed by atoms with Crippen LogP contribution in [0.3, 0.4) is 0 Å². The number of rotatable bonds is 3. The molecule has 7 heteroatoms. The highest BCUT2D eigenvalue weighted by Crippen LogP contribution is 2.43. The summed E-state index contributed by atoms with van der Waals surface area (Å²) < 4.78 is 1.30. The lowest BCUT2D eigenvalue weighted by atomic mass is 9.88. The van der Waals surface area contributed by atoms with E-state index in [0.29, 0.717) is 6.42 Å². The first-order valence-corrected chi connectivity index (χ1v) is 5.76. The molecule has 0 unspecified atom stereocenters. The zero-order chi connectivity index (χ0) is 13.3. The van der Waals surface area contributed by atoms with Crippen molar-refractivity contribution in [3.05, 3.63) is 22.7 Å². The van der Waals surface area contributed by atoms with Crippen LogP contribution in [0.2, 0.25) is 0 Å². The van der Waals surface area contributed by atoms with Crippen molar-refractivity contribution in [1.29, 1.82) is 0 Å². The van der Waals surface area contributed by atoms with Crippen LogP contribution in [0, 0.1) is 5.41 Å². The Morgan fingerprint density at radius 3 is 2.61 bits per heavy atom. The first kappa shape index (κ1) is 13.0. The fraction of sp³-hybridized carbons (Fsp3) is 0.636. The second-order valence-electron chi connectivity index (χ2n) is 4.90. The summed E-state index contributed by atoms with van der Waals surface area (Å²) in [5.74, 6) is 0.124. The molecule has 1 aliphatic carbocycles. The fourth-order valence-electron chi connectivity index (χ4n) is 2.51. The van der Waals surface area contributed by atoms with E-state index in [2.05, 4.69) is 4.98 Å². The van der Waals surface area contributed by atoms with E-state index in [9.17, 15) is 20.1 Å². The van der Waals surface area contributed by atoms with Gasteiger partial charge in [0.2, 0.25) is 0 Å². The Bertz CT molecular complexity index is 483. The topological polar surface area (TPSA) is 122 Å². The van der Waals surface area contributed by atoms with Gasteiger partial charge in [-0.1, -0.05) is 0 Å². The minimum atomic E-state index is -0.799. The summed E-state index contributed by atoms with van der Waals surface area (Å²) in [6.07, 6.45) is 1.25. The van der Waals surface area contributed by atoms with Gasteiger partial charge in [-0.25, -0.2) is 4.79 Å². The molecule has 1 aromatic rings. The van der Waals surface area contributed by atoms with Crippen LogP contribution in [-0.4, -0.2) is 44.2 Å². The zero-order valence-corrected chi connectivity index (χ0v) is 9.86. The van der Waals surface area contributed by atoms with Crippen LogP contribution in [0.5, 0.6) is 0 Å². The van der Waals surface area contributed by atoms with Gasteiger partial charge in [-0.2, -0.15) is 4.98 Å². The van der Waals surface area contributed by atoms with Gasteiger partial charge >= 0.3 is 5.69 Å². The number of hydrogen-bond acceptors (Lipinski definition) is 6. The van der Waals surface area contributed by atoms with Crippen LogP contribution in [0.25, 0.3) is 0 Å². The first-order chi connectivity index (χ1) is 8.51. The van der Waals surface area contributed by atoms with Gasteiger partial charge in [0.1, 0.15) is 5.82 Å². The van der Waals surface area contributed by atoms with Gasteiger partial charge in [-0.15, -0.1) is 0 Å². The van der Waals surface area contributed by atoms with Gasteiger partial charge in [-0.05, 0) is 18.9 Å². The highest BCUT2D eigenvalue weighted by molar-refractivity contribution is 5.23. The monoisotopic (exact) mass is 255 g/mol. The molecule has 0 aliphatic heterocycles. The van der Waals surface area contributed by atoms with E-state index in [4.69, 9.17) is 5.73 Å². The van der Waals surface area contributed by atoms with Crippen molar-refractivity contribution in [2.45, 2.75) is 25.0 Å². The van der Waals surface area contributed by atoms with E-state index in [1.54, 1.807) is 0 Å². The molecule has 5 N–H and O–H groups in total. The summed E-state index contributed by atoms with van der Waals surface area (Å²) >= 11 is 0. The van der Waals surface area contributed by atoms with Crippen LogP contribution in [0.1, 0.15) is 18.9 Å². The van der Waals surface area contributed by atoms with Gasteiger partial charge < -0.3 is 21.1 Å². The first-order valence-electron chi connectivity index (χ1n) is 5.76. The molecular weight excluding hydrogens is 238 g/mol. The Kier molecular flexibility index (Phi) is 3.38. The molecule has 1 aliphatic rings. The van der Waals surface area contributed by atoms with Crippen LogP contribution < -0.4 is 11.4 Å². The lowest BCUT2D eigenvalue weighted by Crippen LogP contribution is -2.31. The third-order valence-corrected chi connectivity index (χ3v) is 3.61. The number of nitrogen functional groups attached to an aromatic ring is 1. The quantitative estimate of drug-likeness (QED) is 0.521. The molecule has 1 heterocycles. The van der Waals surface area contributed by atoms with Crippen molar-refractivity contribution >= 4 is 5.82 Å². The van der Waals surface area contributed by atoms with E-state index < -0.39 is 23.3 Å². The molecule has 1 saturated carbocycles. The van der Waals surface area contributed by atoms with Crippen molar-refractivity contribution in [2.24, 2.45) is 5.41 Å². The Morgan fingerprint density at radius 2 is 2.11 bits per heavy atom. The van der Waals surface area contributed by atoms with Crippen molar-refractivity contribution in [2.75, 3.05) is 18.9 Å². The van der Waals surface area contributed by atoms with Gasteiger partial charge in [0, 0.05) is 11.6 Å². The maximum atomic E-state index is 11.7. The molecule has 100 valence electrons. The Hall–Kier alpha value is -1.44. The van der Waals surface area contributed by atoms with E-state index in [-0.39, 0.29) is 25.5 Å². The largest absolute Gasteiger partial charge is 0.396 e. The standard InChI is InChI=1S/C11H17N3O4/c12-9-1-2-14(10(18)13-9)7-3-11(5-15,6-16)4-8(7)17/h1-2,7-8,15-17H,3-6H2,(H2,12,13,18)/t7-,8-/m1/s1. The Balaban J connectivity index is 2.32. The maximum absolute atomic E-state index is 11.7. The predicted octanol–water partition coefficient (Wildman–Crippen LogP) is -1.51. The summed E-state index contributed by atoms with van der Waals surface area (Å²) in [4.78, 5) is 15.3. The smallest absolute Gasteiger partial charge is 0.349 e. The molecule has 0 radical (unpaired) electrons. The summed E-state index contributed by atoms with van der Waals surface area (Å²) in [5.41, 5.74) is 4.12. The fourth-order valence-corrected chi connectivity index (χ4v) is 2.51. The molecule has 0 saturated heterocycles. The number of hydrogen-bond donors (Lipinski definition) is 4. The Labute approximate surface area is 104 Å². The molecule has 0 bridgehead atoms. The third kappa shape index (κ3) is 2.12. The van der Waals surface area contributed by atoms with E-state index in [1.807, 2.05) is 0 Å². The van der Waals surface area contributed by atoms with Crippen LogP contribution in [0.4, 0.5) is 5.82 Å². The van der Waals surface area contributed by atoms with Gasteiger partial charge in [0.25, 0.3) is 0 Å². The number of aliphatic hydroxyl groups is 3. The summed E-state index contributed by atoms with van der Waals surface area (Å²) in [7, 11) is 0. The average molecular weight is 255 g/mol. The lowest BCUT2D eigenvalue weighted by Gasteiger charge is -2.23. The van der Waals surface area contributed by atoms with E-state index in [0.717, 1.165) is 0 Å². The highest BCUT2D eigenvalue weighted by Gasteiger charge is 2.45. The molecule has 0 aromatic carbocycles.